The Kier molecular flexibility index (Phi) is 4.10. The van der Waals surface area contributed by atoms with Gasteiger partial charge in [0.05, 0.1) is 0 Å². The molecule has 0 amide bonds. The first-order valence-electron chi connectivity index (χ1n) is 11.6. The van der Waals surface area contributed by atoms with Gasteiger partial charge in [-0.2, -0.15) is 0 Å². The molecule has 4 nitrogen and oxygen atoms in total. The molecule has 2 fully saturated rings. The SMILES string of the molecule is C[N+]1=CC=[N+](C)C1=C1c2ccc(N3CCC3)cc2[Si](C)(C)c2cc(N3CCC3)ccc21. The van der Waals surface area contributed by atoms with E-state index in [4.69, 9.17) is 0 Å². The van der Waals surface area contributed by atoms with Crippen LogP contribution in [0.5, 0.6) is 0 Å². The van der Waals surface area contributed by atoms with E-state index in [-0.39, 0.29) is 0 Å². The zero-order chi connectivity index (χ0) is 21.3. The van der Waals surface area contributed by atoms with Crippen LogP contribution in [0.2, 0.25) is 13.1 Å². The minimum Gasteiger partial charge on any atom is -0.371 e. The maximum atomic E-state index is 2.55. The first-order valence-corrected chi connectivity index (χ1v) is 14.6. The first kappa shape index (κ1) is 19.1. The molecule has 0 radical (unpaired) electrons. The average Bonchev–Trinajstić information content (AvgIpc) is 2.99. The van der Waals surface area contributed by atoms with Crippen molar-refractivity contribution in [2.24, 2.45) is 0 Å². The van der Waals surface area contributed by atoms with Crippen molar-refractivity contribution in [3.05, 3.63) is 53.3 Å². The Balaban J connectivity index is 1.63. The highest BCUT2D eigenvalue weighted by Gasteiger charge is 2.43. The van der Waals surface area contributed by atoms with Gasteiger partial charge in [-0.1, -0.05) is 25.2 Å². The summed E-state index contributed by atoms with van der Waals surface area (Å²) in [6.45, 7) is 9.87. The van der Waals surface area contributed by atoms with Crippen molar-refractivity contribution in [1.29, 1.82) is 0 Å². The Morgan fingerprint density at radius 3 is 1.55 bits per heavy atom. The third kappa shape index (κ3) is 2.72. The van der Waals surface area contributed by atoms with E-state index in [1.807, 2.05) is 0 Å². The monoisotopic (exact) mass is 428 g/mol. The molecule has 0 atom stereocenters. The Morgan fingerprint density at radius 1 is 0.710 bits per heavy atom. The van der Waals surface area contributed by atoms with E-state index in [1.54, 1.807) is 10.4 Å². The summed E-state index contributed by atoms with van der Waals surface area (Å²) >= 11 is 0. The molecule has 0 spiro atoms. The lowest BCUT2D eigenvalue weighted by molar-refractivity contribution is -0.610. The molecule has 158 valence electrons. The maximum absolute atomic E-state index is 2.55. The van der Waals surface area contributed by atoms with Gasteiger partial charge in [0.1, 0.15) is 27.7 Å². The fourth-order valence-electron chi connectivity index (χ4n) is 5.55. The van der Waals surface area contributed by atoms with E-state index in [0.717, 1.165) is 0 Å². The summed E-state index contributed by atoms with van der Waals surface area (Å²) < 4.78 is 4.55. The fourth-order valence-corrected chi connectivity index (χ4v) is 8.62. The van der Waals surface area contributed by atoms with Gasteiger partial charge >= 0.3 is 5.82 Å². The highest BCUT2D eigenvalue weighted by Crippen LogP contribution is 2.36. The molecule has 0 unspecified atom stereocenters. The highest BCUT2D eigenvalue weighted by atomic mass is 28.3. The first-order chi connectivity index (χ1) is 14.9. The lowest BCUT2D eigenvalue weighted by Crippen LogP contribution is -2.58. The van der Waals surface area contributed by atoms with Crippen LogP contribution >= 0.6 is 0 Å². The van der Waals surface area contributed by atoms with Gasteiger partial charge in [-0.25, -0.2) is 0 Å². The lowest BCUT2D eigenvalue weighted by Gasteiger charge is -2.39. The standard InChI is InChI=1S/C26H32N4Si/c1-27-15-16-28(2)26(27)25-21-9-7-19(29-11-5-12-29)17-23(21)31(3,4)24-18-20(8-10-22(24)25)30-13-6-14-30/h7-10,15-18H,5-6,11-14H2,1-4H3/q+2. The fraction of sp³-hybridized carbons (Fsp3) is 0.385. The molecule has 4 heterocycles. The Labute approximate surface area is 186 Å². The number of fused-ring (bicyclic) bond motifs is 2. The van der Waals surface area contributed by atoms with Crippen LogP contribution in [-0.4, -0.2) is 69.9 Å². The molecule has 2 saturated heterocycles. The van der Waals surface area contributed by atoms with Crippen LogP contribution in [-0.2, 0) is 0 Å². The summed E-state index contributed by atoms with van der Waals surface area (Å²) in [4.78, 5) is 5.05. The number of rotatable bonds is 2. The van der Waals surface area contributed by atoms with Crippen molar-refractivity contribution in [2.45, 2.75) is 25.9 Å². The molecular formula is C26H32N4Si+2. The largest absolute Gasteiger partial charge is 0.452 e. The van der Waals surface area contributed by atoms with E-state index in [9.17, 15) is 0 Å². The number of nitrogens with zero attached hydrogens (tertiary/aromatic N) is 4. The van der Waals surface area contributed by atoms with Crippen molar-refractivity contribution in [1.82, 2.24) is 0 Å². The third-order valence-corrected chi connectivity index (χ3v) is 11.3. The average molecular weight is 429 g/mol. The van der Waals surface area contributed by atoms with Gasteiger partial charge in [0.15, 0.2) is 0 Å². The van der Waals surface area contributed by atoms with Crippen molar-refractivity contribution >= 4 is 47.8 Å². The molecule has 6 rings (SSSR count). The van der Waals surface area contributed by atoms with E-state index in [0.29, 0.717) is 0 Å². The van der Waals surface area contributed by atoms with Gasteiger partial charge in [0.2, 0.25) is 12.4 Å². The van der Waals surface area contributed by atoms with Gasteiger partial charge < -0.3 is 9.80 Å². The third-order valence-electron chi connectivity index (χ3n) is 7.74. The second-order valence-corrected chi connectivity index (χ2v) is 14.3. The molecule has 0 N–H and O–H groups in total. The number of anilines is 2. The molecule has 4 aliphatic heterocycles. The Hall–Kier alpha value is -2.66. The summed E-state index contributed by atoms with van der Waals surface area (Å²) in [5.74, 6) is 1.28. The number of hydrogen-bond donors (Lipinski definition) is 0. The van der Waals surface area contributed by atoms with Gasteiger partial charge in [-0.3, -0.25) is 0 Å². The maximum Gasteiger partial charge on any atom is 0.452 e. The van der Waals surface area contributed by atoms with Gasteiger partial charge in [0.25, 0.3) is 0 Å². The van der Waals surface area contributed by atoms with Crippen LogP contribution in [0.1, 0.15) is 24.0 Å². The van der Waals surface area contributed by atoms with E-state index in [1.165, 1.54) is 72.9 Å². The molecular weight excluding hydrogens is 396 g/mol. The minimum absolute atomic E-state index is 1.19. The Bertz CT molecular complexity index is 1110. The van der Waals surface area contributed by atoms with E-state index in [2.05, 4.69) is 95.0 Å². The van der Waals surface area contributed by atoms with Crippen molar-refractivity contribution in [3.63, 3.8) is 0 Å². The van der Waals surface area contributed by atoms with Crippen LogP contribution in [0.15, 0.2) is 42.2 Å². The minimum atomic E-state index is -1.85. The summed E-state index contributed by atoms with van der Waals surface area (Å²) in [6, 6.07) is 14.6. The van der Waals surface area contributed by atoms with Crippen LogP contribution < -0.4 is 20.2 Å². The lowest BCUT2D eigenvalue weighted by atomic mass is 9.95. The van der Waals surface area contributed by atoms with E-state index >= 15 is 0 Å². The summed E-state index contributed by atoms with van der Waals surface area (Å²) in [5.41, 5.74) is 7.06. The zero-order valence-corrected chi connectivity index (χ0v) is 20.2. The summed E-state index contributed by atoms with van der Waals surface area (Å²) in [5, 5.41) is 3.17. The van der Waals surface area contributed by atoms with Gasteiger partial charge in [-0.05, 0) is 58.6 Å². The van der Waals surface area contributed by atoms with Gasteiger partial charge in [0, 0.05) is 37.6 Å². The number of hydrogen-bond acceptors (Lipinski definition) is 2. The van der Waals surface area contributed by atoms with Crippen LogP contribution in [0.25, 0.3) is 5.57 Å². The smallest absolute Gasteiger partial charge is 0.371 e. The predicted molar refractivity (Wildman–Crippen MR) is 134 cm³/mol. The van der Waals surface area contributed by atoms with Crippen LogP contribution in [0.3, 0.4) is 0 Å². The molecule has 0 bridgehead atoms. The molecule has 5 heteroatoms. The molecule has 4 aliphatic rings. The van der Waals surface area contributed by atoms with Crippen LogP contribution in [0, 0.1) is 0 Å². The second-order valence-electron chi connectivity index (χ2n) is 9.98. The molecule has 2 aromatic rings. The van der Waals surface area contributed by atoms with Crippen molar-refractivity contribution in [2.75, 3.05) is 50.1 Å². The van der Waals surface area contributed by atoms with Crippen molar-refractivity contribution in [3.8, 4) is 0 Å². The summed E-state index contributed by atoms with van der Waals surface area (Å²) in [6.07, 6.45) is 6.97. The molecule has 0 aromatic heterocycles. The highest BCUT2D eigenvalue weighted by molar-refractivity contribution is 7.02. The zero-order valence-electron chi connectivity index (χ0n) is 19.2. The topological polar surface area (TPSA) is 12.5 Å². The molecule has 0 saturated carbocycles. The van der Waals surface area contributed by atoms with Crippen molar-refractivity contribution < 1.29 is 9.15 Å². The quantitative estimate of drug-likeness (QED) is 0.538. The predicted octanol–water partition coefficient (Wildman–Crippen LogP) is 2.40. The molecule has 2 aromatic carbocycles. The van der Waals surface area contributed by atoms with Crippen LogP contribution in [0.4, 0.5) is 11.4 Å². The molecule has 31 heavy (non-hydrogen) atoms. The van der Waals surface area contributed by atoms with Gasteiger partial charge in [-0.15, -0.1) is 9.15 Å². The summed E-state index contributed by atoms with van der Waals surface area (Å²) in [7, 11) is 2.49. The second kappa shape index (κ2) is 6.67. The molecule has 0 aliphatic carbocycles. The van der Waals surface area contributed by atoms with E-state index < -0.39 is 8.07 Å². The number of benzene rings is 2. The Morgan fingerprint density at radius 2 is 1.16 bits per heavy atom. The normalized spacial score (nSPS) is 21.2.